The normalized spacial score (nSPS) is 16.0. The summed E-state index contributed by atoms with van der Waals surface area (Å²) in [5.74, 6) is 1.55. The Balaban J connectivity index is 1.71. The fraction of sp³-hybridized carbons (Fsp3) is 0.435. The second kappa shape index (κ2) is 8.65. The molecule has 0 bridgehead atoms. The van der Waals surface area contributed by atoms with Crippen LogP contribution < -0.4 is 19.3 Å². The molecule has 1 atom stereocenters. The van der Waals surface area contributed by atoms with E-state index in [0.29, 0.717) is 6.04 Å². The monoisotopic (exact) mass is 383 g/mol. The molecular weight excluding hydrogens is 352 g/mol. The smallest absolute Gasteiger partial charge is 0.161 e. The van der Waals surface area contributed by atoms with E-state index < -0.39 is 0 Å². The highest BCUT2D eigenvalue weighted by atomic mass is 16.5. The molecule has 150 valence electrons. The first-order valence-electron chi connectivity index (χ1n) is 9.86. The van der Waals surface area contributed by atoms with Gasteiger partial charge in [-0.2, -0.15) is 0 Å². The van der Waals surface area contributed by atoms with Crippen LogP contribution in [0.15, 0.2) is 30.3 Å². The Labute approximate surface area is 167 Å². The van der Waals surface area contributed by atoms with E-state index in [0.717, 1.165) is 49.5 Å². The van der Waals surface area contributed by atoms with Crippen LogP contribution in [0.3, 0.4) is 0 Å². The van der Waals surface area contributed by atoms with Crippen molar-refractivity contribution in [3.05, 3.63) is 52.6 Å². The molecule has 0 unspecified atom stereocenters. The van der Waals surface area contributed by atoms with E-state index in [-0.39, 0.29) is 0 Å². The number of methoxy groups -OCH3 is 2. The lowest BCUT2D eigenvalue weighted by molar-refractivity contribution is -0.930. The van der Waals surface area contributed by atoms with Crippen molar-refractivity contribution in [1.29, 1.82) is 0 Å². The number of nitrogens with one attached hydrogen (secondary N) is 1. The lowest BCUT2D eigenvalue weighted by atomic mass is 10.0. The summed E-state index contributed by atoms with van der Waals surface area (Å²) in [6, 6.07) is 10.6. The molecule has 0 aliphatic carbocycles. The van der Waals surface area contributed by atoms with Crippen molar-refractivity contribution < 1.29 is 19.2 Å². The van der Waals surface area contributed by atoms with Crippen LogP contribution in [0.2, 0.25) is 0 Å². The first-order chi connectivity index (χ1) is 13.5. The van der Waals surface area contributed by atoms with Crippen molar-refractivity contribution >= 4 is 12.0 Å². The fourth-order valence-electron chi connectivity index (χ4n) is 4.36. The summed E-state index contributed by atoms with van der Waals surface area (Å²) in [4.78, 5) is 15.1. The second-order valence-electron chi connectivity index (χ2n) is 7.60. The molecule has 1 fully saturated rings. The van der Waals surface area contributed by atoms with Gasteiger partial charge < -0.3 is 19.3 Å². The molecule has 1 N–H and O–H groups in total. The number of aryl methyl sites for hydroxylation is 2. The maximum Gasteiger partial charge on any atom is 0.161 e. The maximum atomic E-state index is 11.1. The largest absolute Gasteiger partial charge is 0.493 e. The number of piperazine rings is 1. The van der Waals surface area contributed by atoms with E-state index in [1.165, 1.54) is 22.4 Å². The molecule has 1 saturated heterocycles. The van der Waals surface area contributed by atoms with Gasteiger partial charge in [0.25, 0.3) is 0 Å². The summed E-state index contributed by atoms with van der Waals surface area (Å²) in [5.41, 5.74) is 5.66. The Morgan fingerprint density at radius 1 is 1.00 bits per heavy atom. The van der Waals surface area contributed by atoms with Crippen molar-refractivity contribution in [2.75, 3.05) is 45.3 Å². The topological polar surface area (TPSA) is 43.2 Å². The van der Waals surface area contributed by atoms with E-state index in [4.69, 9.17) is 9.47 Å². The van der Waals surface area contributed by atoms with Gasteiger partial charge in [0.05, 0.1) is 40.4 Å². The molecule has 1 aliphatic heterocycles. The van der Waals surface area contributed by atoms with Gasteiger partial charge in [0.15, 0.2) is 11.5 Å². The van der Waals surface area contributed by atoms with Crippen LogP contribution in [-0.2, 0) is 0 Å². The Bertz CT molecular complexity index is 819. The molecule has 0 aromatic heterocycles. The molecule has 2 aromatic carbocycles. The number of ether oxygens (including phenoxy) is 2. The van der Waals surface area contributed by atoms with Gasteiger partial charge in [0.1, 0.15) is 12.3 Å². The van der Waals surface area contributed by atoms with Crippen LogP contribution in [0.5, 0.6) is 11.5 Å². The van der Waals surface area contributed by atoms with E-state index in [9.17, 15) is 4.79 Å². The van der Waals surface area contributed by atoms with Gasteiger partial charge in [0, 0.05) is 16.8 Å². The molecular formula is C23H31N2O3+. The average molecular weight is 384 g/mol. The summed E-state index contributed by atoms with van der Waals surface area (Å²) in [6.07, 6.45) is 0.927. The van der Waals surface area contributed by atoms with Crippen molar-refractivity contribution in [3.8, 4) is 11.5 Å². The Morgan fingerprint density at radius 2 is 1.61 bits per heavy atom. The lowest BCUT2D eigenvalue weighted by Crippen LogP contribution is -3.14. The number of benzene rings is 2. The number of rotatable bonds is 6. The van der Waals surface area contributed by atoms with Crippen molar-refractivity contribution in [1.82, 2.24) is 0 Å². The summed E-state index contributed by atoms with van der Waals surface area (Å²) in [5, 5.41) is 0. The first kappa shape index (κ1) is 20.2. The second-order valence-corrected chi connectivity index (χ2v) is 7.60. The van der Waals surface area contributed by atoms with Crippen molar-refractivity contribution in [2.24, 2.45) is 0 Å². The van der Waals surface area contributed by atoms with Crippen molar-refractivity contribution in [3.63, 3.8) is 0 Å². The Kier molecular flexibility index (Phi) is 6.25. The molecule has 5 heteroatoms. The third-order valence-corrected chi connectivity index (χ3v) is 5.89. The Morgan fingerprint density at radius 3 is 2.14 bits per heavy atom. The zero-order valence-electron chi connectivity index (χ0n) is 17.5. The molecule has 1 aliphatic rings. The number of hydrogen-bond donors (Lipinski definition) is 1. The molecule has 2 aromatic rings. The molecule has 28 heavy (non-hydrogen) atoms. The number of aldehydes is 1. The number of carbonyl (C=O) groups is 1. The zero-order chi connectivity index (χ0) is 20.3. The number of nitrogens with zero attached hydrogens (tertiary/aromatic N) is 1. The minimum absolute atomic E-state index is 0.390. The lowest BCUT2D eigenvalue weighted by Gasteiger charge is -2.38. The molecule has 0 amide bonds. The van der Waals surface area contributed by atoms with Crippen LogP contribution in [0.25, 0.3) is 0 Å². The minimum atomic E-state index is 0.390. The molecule has 0 saturated carbocycles. The van der Waals surface area contributed by atoms with E-state index in [2.05, 4.69) is 37.8 Å². The Hall–Kier alpha value is -2.53. The van der Waals surface area contributed by atoms with Gasteiger partial charge in [-0.1, -0.05) is 0 Å². The van der Waals surface area contributed by atoms with Gasteiger partial charge in [0.2, 0.25) is 0 Å². The zero-order valence-corrected chi connectivity index (χ0v) is 17.5. The summed E-state index contributed by atoms with van der Waals surface area (Å²) < 4.78 is 10.8. The van der Waals surface area contributed by atoms with Crippen LogP contribution >= 0.6 is 0 Å². The highest BCUT2D eigenvalue weighted by Crippen LogP contribution is 2.30. The predicted octanol–water partition coefficient (Wildman–Crippen LogP) is 2.60. The van der Waals surface area contributed by atoms with Gasteiger partial charge in [-0.05, 0) is 62.2 Å². The summed E-state index contributed by atoms with van der Waals surface area (Å²) >= 11 is 0. The van der Waals surface area contributed by atoms with Gasteiger partial charge in [-0.15, -0.1) is 0 Å². The standard InChI is InChI=1S/C23H30N2O3/c1-16-12-19(15-26)13-17(2)23(16)25-10-8-24(9-11-25)18(3)20-6-7-21(27-4)22(14-20)28-5/h6-7,12-15,18H,8-11H2,1-5H3/p+1/t18-/m1/s1. The SMILES string of the molecule is COc1ccc([C@@H](C)[NH+]2CCN(c3c(C)cc(C=O)cc3C)CC2)cc1OC. The highest BCUT2D eigenvalue weighted by molar-refractivity contribution is 5.78. The molecule has 5 nitrogen and oxygen atoms in total. The number of hydrogen-bond acceptors (Lipinski definition) is 4. The average Bonchev–Trinajstić information content (AvgIpc) is 2.72. The molecule has 3 rings (SSSR count). The van der Waals surface area contributed by atoms with Crippen LogP contribution in [-0.4, -0.2) is 46.7 Å². The van der Waals surface area contributed by atoms with E-state index >= 15 is 0 Å². The maximum absolute atomic E-state index is 11.1. The molecule has 0 radical (unpaired) electrons. The number of carbonyl (C=O) groups excluding carboxylic acids is 1. The summed E-state index contributed by atoms with van der Waals surface area (Å²) in [7, 11) is 3.34. The third kappa shape index (κ3) is 3.99. The summed E-state index contributed by atoms with van der Waals surface area (Å²) in [6.45, 7) is 10.6. The number of anilines is 1. The minimum Gasteiger partial charge on any atom is -0.493 e. The quantitative estimate of drug-likeness (QED) is 0.779. The molecule has 0 spiro atoms. The third-order valence-electron chi connectivity index (χ3n) is 5.89. The number of quaternary nitrogens is 1. The molecule has 1 heterocycles. The van der Waals surface area contributed by atoms with Crippen LogP contribution in [0, 0.1) is 13.8 Å². The predicted molar refractivity (Wildman–Crippen MR) is 112 cm³/mol. The first-order valence-corrected chi connectivity index (χ1v) is 9.86. The van der Waals surface area contributed by atoms with Crippen LogP contribution in [0.1, 0.15) is 40.0 Å². The highest BCUT2D eigenvalue weighted by Gasteiger charge is 2.27. The van der Waals surface area contributed by atoms with Gasteiger partial charge in [-0.25, -0.2) is 0 Å². The van der Waals surface area contributed by atoms with Crippen LogP contribution in [0.4, 0.5) is 5.69 Å². The van der Waals surface area contributed by atoms with E-state index in [1.807, 2.05) is 18.2 Å². The van der Waals surface area contributed by atoms with E-state index in [1.54, 1.807) is 19.1 Å². The van der Waals surface area contributed by atoms with Gasteiger partial charge >= 0.3 is 0 Å². The van der Waals surface area contributed by atoms with Crippen molar-refractivity contribution in [2.45, 2.75) is 26.8 Å². The van der Waals surface area contributed by atoms with Gasteiger partial charge in [-0.3, -0.25) is 4.79 Å². The fourth-order valence-corrected chi connectivity index (χ4v) is 4.36.